The van der Waals surface area contributed by atoms with E-state index in [1.54, 1.807) is 12.1 Å². The van der Waals surface area contributed by atoms with Crippen LogP contribution in [-0.2, 0) is 5.33 Å². The first-order valence-electron chi connectivity index (χ1n) is 3.64. The molecular weight excluding hydrogens is 232 g/mol. The molecule has 0 unspecified atom stereocenters. The summed E-state index contributed by atoms with van der Waals surface area (Å²) in [7, 11) is 0. The van der Waals surface area contributed by atoms with Gasteiger partial charge in [0.1, 0.15) is 5.82 Å². The van der Waals surface area contributed by atoms with Crippen molar-refractivity contribution in [3.63, 3.8) is 0 Å². The van der Waals surface area contributed by atoms with Gasteiger partial charge in [0.15, 0.2) is 0 Å². The lowest BCUT2D eigenvalue weighted by atomic mass is 10.2. The van der Waals surface area contributed by atoms with E-state index in [1.165, 1.54) is 0 Å². The number of nitrogens with one attached hydrogen (secondary N) is 1. The van der Waals surface area contributed by atoms with Crippen molar-refractivity contribution in [1.82, 2.24) is 4.98 Å². The van der Waals surface area contributed by atoms with Crippen molar-refractivity contribution in [2.24, 2.45) is 4.99 Å². The number of aromatic amines is 1. The van der Waals surface area contributed by atoms with E-state index in [2.05, 4.69) is 39.2 Å². The van der Waals surface area contributed by atoms with Crippen LogP contribution < -0.4 is 5.56 Å². The van der Waals surface area contributed by atoms with Crippen LogP contribution in [0, 0.1) is 0 Å². The Bertz CT molecular complexity index is 395. The highest BCUT2D eigenvalue weighted by molar-refractivity contribution is 9.08. The molecule has 0 saturated carbocycles. The summed E-state index contributed by atoms with van der Waals surface area (Å²) in [6, 6.07) is 1.74. The van der Waals surface area contributed by atoms with Crippen LogP contribution >= 0.6 is 15.9 Å². The van der Waals surface area contributed by atoms with E-state index in [9.17, 15) is 4.79 Å². The molecule has 1 N–H and O–H groups in total. The fourth-order valence-electron chi connectivity index (χ4n) is 0.967. The molecule has 0 aliphatic rings. The predicted octanol–water partition coefficient (Wildman–Crippen LogP) is 2.24. The van der Waals surface area contributed by atoms with Gasteiger partial charge in [0.25, 0.3) is 5.56 Å². The van der Waals surface area contributed by atoms with E-state index in [0.29, 0.717) is 16.7 Å². The lowest BCUT2D eigenvalue weighted by molar-refractivity contribution is 1.15. The Morgan fingerprint density at radius 2 is 2.38 bits per heavy atom. The summed E-state index contributed by atoms with van der Waals surface area (Å²) >= 11 is 3.22. The number of hydrogen-bond acceptors (Lipinski definition) is 2. The number of aliphatic imine (C=N–C) groups is 1. The van der Waals surface area contributed by atoms with Gasteiger partial charge >= 0.3 is 0 Å². The smallest absolute Gasteiger partial charge is 0.253 e. The highest BCUT2D eigenvalue weighted by atomic mass is 79.9. The average Bonchev–Trinajstić information content (AvgIpc) is 2.17. The topological polar surface area (TPSA) is 45.2 Å². The fraction of sp³-hybridized carbons (Fsp3) is 0.111. The molecule has 3 nitrogen and oxygen atoms in total. The Balaban J connectivity index is 3.43. The molecule has 0 spiro atoms. The van der Waals surface area contributed by atoms with Crippen LogP contribution in [0.3, 0.4) is 0 Å². The van der Waals surface area contributed by atoms with Gasteiger partial charge < -0.3 is 4.98 Å². The van der Waals surface area contributed by atoms with Crippen molar-refractivity contribution >= 4 is 34.5 Å². The van der Waals surface area contributed by atoms with Gasteiger partial charge in [-0.3, -0.25) is 4.79 Å². The van der Waals surface area contributed by atoms with Crippen molar-refractivity contribution in [2.75, 3.05) is 0 Å². The van der Waals surface area contributed by atoms with Gasteiger partial charge in [-0.1, -0.05) is 28.6 Å². The summed E-state index contributed by atoms with van der Waals surface area (Å²) in [5, 5.41) is 0.514. The summed E-state index contributed by atoms with van der Waals surface area (Å²) in [5.74, 6) is 0.463. The second kappa shape index (κ2) is 4.18. The third-order valence-electron chi connectivity index (χ3n) is 1.65. The monoisotopic (exact) mass is 240 g/mol. The van der Waals surface area contributed by atoms with Crippen molar-refractivity contribution in [1.29, 1.82) is 0 Å². The molecule has 0 radical (unpaired) electrons. The minimum atomic E-state index is -0.148. The summed E-state index contributed by atoms with van der Waals surface area (Å²) in [4.78, 5) is 17.6. The van der Waals surface area contributed by atoms with Crippen molar-refractivity contribution < 1.29 is 0 Å². The summed E-state index contributed by atoms with van der Waals surface area (Å²) in [5.41, 5.74) is 1.29. The Labute approximate surface area is 84.3 Å². The molecule has 68 valence electrons. The first-order chi connectivity index (χ1) is 6.22. The van der Waals surface area contributed by atoms with Crippen LogP contribution in [0.2, 0.25) is 0 Å². The van der Waals surface area contributed by atoms with E-state index in [-0.39, 0.29) is 5.56 Å². The summed E-state index contributed by atoms with van der Waals surface area (Å²) in [6.07, 6.45) is 1.63. The highest BCUT2D eigenvalue weighted by Crippen LogP contribution is 2.16. The molecule has 0 fully saturated rings. The van der Waals surface area contributed by atoms with Crippen LogP contribution in [0.4, 0.5) is 5.82 Å². The van der Waals surface area contributed by atoms with Gasteiger partial charge in [-0.15, -0.1) is 0 Å². The third-order valence-corrected chi connectivity index (χ3v) is 2.25. The number of aromatic nitrogens is 1. The van der Waals surface area contributed by atoms with Crippen molar-refractivity contribution in [2.45, 2.75) is 5.33 Å². The lowest BCUT2D eigenvalue weighted by Gasteiger charge is -2.01. The molecular formula is C9H9BrN2O. The Morgan fingerprint density at radius 3 is 2.85 bits per heavy atom. The maximum absolute atomic E-state index is 11.3. The first-order valence-corrected chi connectivity index (χ1v) is 4.76. The van der Waals surface area contributed by atoms with Crippen molar-refractivity contribution in [3.05, 3.63) is 34.1 Å². The molecule has 0 aliphatic heterocycles. The van der Waals surface area contributed by atoms with E-state index in [1.807, 2.05) is 0 Å². The number of H-pyrrole nitrogens is 1. The van der Waals surface area contributed by atoms with Gasteiger partial charge in [0.2, 0.25) is 0 Å². The number of rotatable bonds is 3. The molecule has 13 heavy (non-hydrogen) atoms. The second-order valence-corrected chi connectivity index (χ2v) is 2.98. The molecule has 0 saturated heterocycles. The number of halogens is 1. The Morgan fingerprint density at radius 1 is 1.69 bits per heavy atom. The molecule has 0 bridgehead atoms. The maximum Gasteiger partial charge on any atom is 0.253 e. The van der Waals surface area contributed by atoms with Gasteiger partial charge in [-0.25, -0.2) is 4.99 Å². The number of nitrogens with zero attached hydrogens (tertiary/aromatic N) is 1. The summed E-state index contributed by atoms with van der Waals surface area (Å²) in [6.45, 7) is 6.98. The second-order valence-electron chi connectivity index (χ2n) is 2.42. The zero-order valence-electron chi connectivity index (χ0n) is 7.01. The molecule has 0 amide bonds. The summed E-state index contributed by atoms with van der Waals surface area (Å²) < 4.78 is 0. The van der Waals surface area contributed by atoms with Crippen molar-refractivity contribution in [3.8, 4) is 0 Å². The zero-order valence-corrected chi connectivity index (χ0v) is 8.60. The van der Waals surface area contributed by atoms with E-state index < -0.39 is 0 Å². The molecule has 0 aliphatic carbocycles. The van der Waals surface area contributed by atoms with Gasteiger partial charge in [0.05, 0.1) is 0 Å². The molecule has 1 rings (SSSR count). The van der Waals surface area contributed by atoms with Gasteiger partial charge in [-0.2, -0.15) is 0 Å². The standard InChI is InChI=1S/C9H9BrN2O/c1-3-6-4-7(5-10)9(13)12-8(6)11-2/h3-4H,1-2,5H2,(H,12,13). The Hall–Kier alpha value is -1.16. The van der Waals surface area contributed by atoms with Crippen LogP contribution in [0.15, 0.2) is 22.4 Å². The molecule has 1 aromatic heterocycles. The molecule has 1 aromatic rings. The predicted molar refractivity (Wildman–Crippen MR) is 59.0 cm³/mol. The molecule has 4 heteroatoms. The minimum absolute atomic E-state index is 0.148. The van der Waals surface area contributed by atoms with Crippen LogP contribution in [-0.4, -0.2) is 11.7 Å². The van der Waals surface area contributed by atoms with Crippen LogP contribution in [0.25, 0.3) is 6.08 Å². The quantitative estimate of drug-likeness (QED) is 0.640. The third kappa shape index (κ3) is 1.95. The zero-order chi connectivity index (χ0) is 9.84. The van der Waals surface area contributed by atoms with Crippen LogP contribution in [0.5, 0.6) is 0 Å². The normalized spacial score (nSPS) is 9.62. The Kier molecular flexibility index (Phi) is 3.19. The van der Waals surface area contributed by atoms with Gasteiger partial charge in [-0.05, 0) is 12.8 Å². The van der Waals surface area contributed by atoms with E-state index >= 15 is 0 Å². The number of alkyl halides is 1. The largest absolute Gasteiger partial charge is 0.306 e. The maximum atomic E-state index is 11.3. The van der Waals surface area contributed by atoms with Gasteiger partial charge in [0, 0.05) is 16.5 Å². The minimum Gasteiger partial charge on any atom is -0.306 e. The lowest BCUT2D eigenvalue weighted by Crippen LogP contribution is -2.10. The average molecular weight is 241 g/mol. The molecule has 1 heterocycles. The SMILES string of the molecule is C=Cc1cc(CBr)c(=O)[nH]c1N=C. The first kappa shape index (κ1) is 9.92. The van der Waals surface area contributed by atoms with E-state index in [4.69, 9.17) is 0 Å². The fourth-order valence-corrected chi connectivity index (χ4v) is 1.38. The molecule has 0 atom stereocenters. The van der Waals surface area contributed by atoms with Crippen LogP contribution in [0.1, 0.15) is 11.1 Å². The highest BCUT2D eigenvalue weighted by Gasteiger charge is 2.03. The number of pyridine rings is 1. The van der Waals surface area contributed by atoms with E-state index in [0.717, 1.165) is 5.56 Å². The molecule has 0 aromatic carbocycles. The number of hydrogen-bond donors (Lipinski definition) is 1.